The van der Waals surface area contributed by atoms with E-state index in [2.05, 4.69) is 24.3 Å². The summed E-state index contributed by atoms with van der Waals surface area (Å²) in [6, 6.07) is 24.2. The molecule has 0 aliphatic rings. The van der Waals surface area contributed by atoms with Crippen LogP contribution in [0.1, 0.15) is 10.4 Å². The first-order chi connectivity index (χ1) is 11.8. The van der Waals surface area contributed by atoms with E-state index in [4.69, 9.17) is 4.74 Å². The largest absolute Gasteiger partial charge is 0.496 e. The summed E-state index contributed by atoms with van der Waals surface area (Å²) in [5.41, 5.74) is 2.56. The van der Waals surface area contributed by atoms with Crippen LogP contribution in [0.25, 0.3) is 32.7 Å². The van der Waals surface area contributed by atoms with Crippen LogP contribution in [0.5, 0.6) is 5.75 Å². The summed E-state index contributed by atoms with van der Waals surface area (Å²) >= 11 is 0. The molecule has 24 heavy (non-hydrogen) atoms. The molecule has 2 nitrogen and oxygen atoms in total. The Bertz CT molecular complexity index is 1060. The molecule has 0 fully saturated rings. The first kappa shape index (κ1) is 14.5. The quantitative estimate of drug-likeness (QED) is 0.468. The number of methoxy groups -OCH3 is 1. The van der Waals surface area contributed by atoms with Crippen molar-refractivity contribution >= 4 is 27.8 Å². The number of carbonyl (C=O) groups is 1. The summed E-state index contributed by atoms with van der Waals surface area (Å²) in [6.45, 7) is 0. The third-order valence-electron chi connectivity index (χ3n) is 4.45. The fourth-order valence-corrected chi connectivity index (χ4v) is 3.35. The number of rotatable bonds is 3. The van der Waals surface area contributed by atoms with E-state index >= 15 is 0 Å². The minimum Gasteiger partial charge on any atom is -0.496 e. The van der Waals surface area contributed by atoms with Crippen LogP contribution in [0.15, 0.2) is 72.8 Å². The third kappa shape index (κ3) is 2.16. The van der Waals surface area contributed by atoms with Crippen LogP contribution in [-0.2, 0) is 0 Å². The van der Waals surface area contributed by atoms with Crippen LogP contribution < -0.4 is 4.74 Å². The Labute approximate surface area is 140 Å². The van der Waals surface area contributed by atoms with Crippen molar-refractivity contribution in [2.75, 3.05) is 7.11 Å². The molecule has 4 aromatic carbocycles. The maximum absolute atomic E-state index is 11.7. The van der Waals surface area contributed by atoms with Crippen molar-refractivity contribution in [1.82, 2.24) is 0 Å². The van der Waals surface area contributed by atoms with Crippen molar-refractivity contribution in [2.24, 2.45) is 0 Å². The van der Waals surface area contributed by atoms with Gasteiger partial charge in [0.2, 0.25) is 0 Å². The Balaban J connectivity index is 2.23. The molecular formula is C22H16O2. The third-order valence-corrected chi connectivity index (χ3v) is 4.45. The average molecular weight is 312 g/mol. The molecule has 0 aromatic heterocycles. The highest BCUT2D eigenvalue weighted by Crippen LogP contribution is 2.41. The summed E-state index contributed by atoms with van der Waals surface area (Å²) < 4.78 is 5.64. The van der Waals surface area contributed by atoms with Gasteiger partial charge in [-0.25, -0.2) is 0 Å². The summed E-state index contributed by atoms with van der Waals surface area (Å²) in [6.07, 6.45) is 0.920. The van der Waals surface area contributed by atoms with E-state index in [0.29, 0.717) is 5.56 Å². The summed E-state index contributed by atoms with van der Waals surface area (Å²) in [5.74, 6) is 0.771. The van der Waals surface area contributed by atoms with Gasteiger partial charge < -0.3 is 4.74 Å². The number of carbonyl (C=O) groups excluding carboxylic acids is 1. The Hall–Kier alpha value is -3.13. The molecule has 0 radical (unpaired) electrons. The Kier molecular flexibility index (Phi) is 3.51. The molecule has 0 saturated heterocycles. The van der Waals surface area contributed by atoms with Crippen molar-refractivity contribution in [3.05, 3.63) is 78.4 Å². The predicted molar refractivity (Wildman–Crippen MR) is 98.8 cm³/mol. The second kappa shape index (κ2) is 5.82. The molecule has 116 valence electrons. The second-order valence-electron chi connectivity index (χ2n) is 5.73. The van der Waals surface area contributed by atoms with Crippen LogP contribution in [0.3, 0.4) is 0 Å². The van der Waals surface area contributed by atoms with Crippen LogP contribution in [0, 0.1) is 0 Å². The second-order valence-corrected chi connectivity index (χ2v) is 5.73. The number of aldehydes is 1. The smallest absolute Gasteiger partial charge is 0.150 e. The molecule has 0 aliphatic carbocycles. The number of fused-ring (bicyclic) bond motifs is 2. The van der Waals surface area contributed by atoms with E-state index in [0.717, 1.165) is 44.7 Å². The number of hydrogen-bond acceptors (Lipinski definition) is 2. The van der Waals surface area contributed by atoms with Crippen LogP contribution in [0.4, 0.5) is 0 Å². The van der Waals surface area contributed by atoms with Gasteiger partial charge in [-0.2, -0.15) is 0 Å². The highest BCUT2D eigenvalue weighted by molar-refractivity contribution is 6.12. The number of benzene rings is 4. The molecule has 0 atom stereocenters. The maximum atomic E-state index is 11.7. The Morgan fingerprint density at radius 2 is 1.29 bits per heavy atom. The Morgan fingerprint density at radius 3 is 1.92 bits per heavy atom. The zero-order chi connectivity index (χ0) is 16.5. The van der Waals surface area contributed by atoms with Crippen molar-refractivity contribution < 1.29 is 9.53 Å². The van der Waals surface area contributed by atoms with Crippen molar-refractivity contribution in [3.8, 4) is 16.9 Å². The Morgan fingerprint density at radius 1 is 0.708 bits per heavy atom. The van der Waals surface area contributed by atoms with Crippen LogP contribution in [0.2, 0.25) is 0 Å². The van der Waals surface area contributed by atoms with Gasteiger partial charge in [0.05, 0.1) is 7.11 Å². The molecule has 0 heterocycles. The first-order valence-corrected chi connectivity index (χ1v) is 7.86. The van der Waals surface area contributed by atoms with E-state index in [1.165, 1.54) is 0 Å². The first-order valence-electron chi connectivity index (χ1n) is 7.86. The molecule has 0 bridgehead atoms. The average Bonchev–Trinajstić information content (AvgIpc) is 2.66. The molecule has 4 aromatic rings. The molecule has 4 rings (SSSR count). The van der Waals surface area contributed by atoms with Gasteiger partial charge in [0.25, 0.3) is 0 Å². The SMILES string of the molecule is COc1ccc2ccccc2c1-c1c(C=O)ccc2ccccc12. The monoisotopic (exact) mass is 312 g/mol. The van der Waals surface area contributed by atoms with Crippen LogP contribution >= 0.6 is 0 Å². The minimum atomic E-state index is 0.670. The summed E-state index contributed by atoms with van der Waals surface area (Å²) in [7, 11) is 1.67. The zero-order valence-electron chi connectivity index (χ0n) is 13.3. The topological polar surface area (TPSA) is 26.3 Å². The van der Waals surface area contributed by atoms with Crippen molar-refractivity contribution in [3.63, 3.8) is 0 Å². The molecule has 0 N–H and O–H groups in total. The van der Waals surface area contributed by atoms with Crippen molar-refractivity contribution in [2.45, 2.75) is 0 Å². The zero-order valence-corrected chi connectivity index (χ0v) is 13.3. The molecule has 0 amide bonds. The lowest BCUT2D eigenvalue weighted by Gasteiger charge is -2.16. The normalized spacial score (nSPS) is 10.9. The van der Waals surface area contributed by atoms with Crippen molar-refractivity contribution in [1.29, 1.82) is 0 Å². The van der Waals surface area contributed by atoms with Crippen LogP contribution in [-0.4, -0.2) is 13.4 Å². The lowest BCUT2D eigenvalue weighted by molar-refractivity contribution is 0.112. The summed E-state index contributed by atoms with van der Waals surface area (Å²) in [4.78, 5) is 11.7. The van der Waals surface area contributed by atoms with Gasteiger partial charge in [0, 0.05) is 16.7 Å². The number of ether oxygens (including phenoxy) is 1. The van der Waals surface area contributed by atoms with E-state index < -0.39 is 0 Å². The highest BCUT2D eigenvalue weighted by Gasteiger charge is 2.16. The minimum absolute atomic E-state index is 0.670. The molecule has 0 spiro atoms. The highest BCUT2D eigenvalue weighted by atomic mass is 16.5. The fourth-order valence-electron chi connectivity index (χ4n) is 3.35. The lowest BCUT2D eigenvalue weighted by atomic mass is 9.90. The lowest BCUT2D eigenvalue weighted by Crippen LogP contribution is -1.95. The van der Waals surface area contributed by atoms with Gasteiger partial charge >= 0.3 is 0 Å². The molecular weight excluding hydrogens is 296 g/mol. The van der Waals surface area contributed by atoms with E-state index in [-0.39, 0.29) is 0 Å². The van der Waals surface area contributed by atoms with Gasteiger partial charge in [-0.1, -0.05) is 66.7 Å². The van der Waals surface area contributed by atoms with Gasteiger partial charge in [-0.15, -0.1) is 0 Å². The van der Waals surface area contributed by atoms with Gasteiger partial charge in [-0.05, 0) is 27.6 Å². The molecule has 0 aliphatic heterocycles. The van der Waals surface area contributed by atoms with Gasteiger partial charge in [-0.3, -0.25) is 4.79 Å². The van der Waals surface area contributed by atoms with E-state index in [1.807, 2.05) is 48.5 Å². The van der Waals surface area contributed by atoms with Gasteiger partial charge in [0.1, 0.15) is 5.75 Å². The fraction of sp³-hybridized carbons (Fsp3) is 0.0455. The standard InChI is InChI=1S/C22H16O2/c1-24-20-13-12-16-7-3-5-9-19(16)22(20)21-17(14-23)11-10-15-6-2-4-8-18(15)21/h2-14H,1H3. The summed E-state index contributed by atoms with van der Waals surface area (Å²) in [5, 5.41) is 4.36. The molecule has 0 saturated carbocycles. The maximum Gasteiger partial charge on any atom is 0.150 e. The molecule has 2 heteroatoms. The van der Waals surface area contributed by atoms with E-state index in [1.54, 1.807) is 7.11 Å². The predicted octanol–water partition coefficient (Wildman–Crippen LogP) is 5.48. The molecule has 0 unspecified atom stereocenters. The number of hydrogen-bond donors (Lipinski definition) is 0. The van der Waals surface area contributed by atoms with E-state index in [9.17, 15) is 4.79 Å². The van der Waals surface area contributed by atoms with Gasteiger partial charge in [0.15, 0.2) is 6.29 Å².